The van der Waals surface area contributed by atoms with E-state index in [1.54, 1.807) is 45.3 Å². The average Bonchev–Trinajstić information content (AvgIpc) is 2.91. The molecule has 17 heavy (non-hydrogen) atoms. The van der Waals surface area contributed by atoms with Gasteiger partial charge in [0, 0.05) is 14.9 Å². The van der Waals surface area contributed by atoms with Crippen LogP contribution < -0.4 is 0 Å². The lowest BCUT2D eigenvalue weighted by Gasteiger charge is -2.00. The van der Waals surface area contributed by atoms with E-state index in [9.17, 15) is 0 Å². The first-order chi connectivity index (χ1) is 8.24. The molecule has 0 aliphatic carbocycles. The van der Waals surface area contributed by atoms with E-state index in [1.165, 1.54) is 28.6 Å². The molecule has 0 amide bonds. The third-order valence-electron chi connectivity index (χ3n) is 2.39. The molecule has 0 nitrogen and oxygen atoms in total. The van der Waals surface area contributed by atoms with Crippen LogP contribution in [0, 0.1) is 6.28 Å². The molecule has 0 unspecified atom stereocenters. The van der Waals surface area contributed by atoms with Gasteiger partial charge in [-0.1, -0.05) is 24.4 Å². The molecule has 3 heterocycles. The average molecular weight is 367 g/mol. The fraction of sp³-hybridized carbons (Fsp3) is 0.111. The van der Waals surface area contributed by atoms with Gasteiger partial charge in [0.1, 0.15) is 6.28 Å². The highest BCUT2D eigenvalue weighted by molar-refractivity contribution is 8.19. The summed E-state index contributed by atoms with van der Waals surface area (Å²) >= 11 is 21.6. The molecule has 1 aliphatic rings. The number of hydrogen-bond donors (Lipinski definition) is 0. The van der Waals surface area contributed by atoms with Crippen molar-refractivity contribution in [2.45, 2.75) is 9.79 Å². The first kappa shape index (κ1) is 11.8. The number of rotatable bonds is 0. The molecule has 1 aromatic carbocycles. The molecule has 0 radical (unpaired) electrons. The lowest BCUT2D eigenvalue weighted by molar-refractivity contribution is 1.42. The van der Waals surface area contributed by atoms with Crippen molar-refractivity contribution in [3.63, 3.8) is 0 Å². The molecule has 8 heteroatoms. The van der Waals surface area contributed by atoms with Crippen molar-refractivity contribution in [1.82, 2.24) is 0 Å². The molecular formula is C9H2S8. The maximum absolute atomic E-state index is 5.36. The Morgan fingerprint density at radius 2 is 1.06 bits per heavy atom. The maximum Gasteiger partial charge on any atom is 0.144 e. The third-order valence-corrected chi connectivity index (χ3v) is 10.6. The highest BCUT2D eigenvalue weighted by Gasteiger charge is 2.23. The summed E-state index contributed by atoms with van der Waals surface area (Å²) in [5.74, 6) is 0. The van der Waals surface area contributed by atoms with Crippen LogP contribution >= 0.6 is 93.3 Å². The maximum atomic E-state index is 5.36. The Labute approximate surface area is 132 Å². The molecule has 0 N–H and O–H groups in total. The minimum absolute atomic E-state index is 1.02. The van der Waals surface area contributed by atoms with Crippen LogP contribution in [0.5, 0.6) is 0 Å². The summed E-state index contributed by atoms with van der Waals surface area (Å²) in [5, 5.41) is 1.12. The van der Waals surface area contributed by atoms with Crippen molar-refractivity contribution >= 4 is 112 Å². The first-order valence-corrected chi connectivity index (χ1v) is 10.6. The lowest BCUT2D eigenvalue weighted by atomic mass is 10.3. The molecule has 0 bridgehead atoms. The van der Waals surface area contributed by atoms with Gasteiger partial charge < -0.3 is 0 Å². The SMILES string of the molecule is S=c1sc2c3c(c4sc(=S)sc4c2s1)SCS3. The lowest BCUT2D eigenvalue weighted by Crippen LogP contribution is -1.72. The largest absolute Gasteiger partial charge is 0.144 e. The highest BCUT2D eigenvalue weighted by Crippen LogP contribution is 2.55. The highest BCUT2D eigenvalue weighted by atomic mass is 32.2. The molecule has 0 saturated carbocycles. The minimum atomic E-state index is 1.02. The van der Waals surface area contributed by atoms with Crippen molar-refractivity contribution in [1.29, 1.82) is 0 Å². The zero-order chi connectivity index (χ0) is 11.6. The smallest absolute Gasteiger partial charge is 0.112 e. The van der Waals surface area contributed by atoms with Crippen LogP contribution in [0.15, 0.2) is 9.79 Å². The summed E-state index contributed by atoms with van der Waals surface area (Å²) in [5.41, 5.74) is 0. The van der Waals surface area contributed by atoms with Gasteiger partial charge in [-0.2, -0.15) is 0 Å². The van der Waals surface area contributed by atoms with E-state index in [2.05, 4.69) is 0 Å². The number of hydrogen-bond acceptors (Lipinski definition) is 8. The second kappa shape index (κ2) is 4.24. The van der Waals surface area contributed by atoms with Crippen LogP contribution in [0.3, 0.4) is 0 Å². The minimum Gasteiger partial charge on any atom is -0.112 e. The summed E-state index contributed by atoms with van der Waals surface area (Å²) in [6, 6.07) is 0. The van der Waals surface area contributed by atoms with Gasteiger partial charge in [-0.25, -0.2) is 0 Å². The predicted molar refractivity (Wildman–Crippen MR) is 91.2 cm³/mol. The Bertz CT molecular complexity index is 785. The van der Waals surface area contributed by atoms with E-state index in [0.717, 1.165) is 11.4 Å². The molecule has 0 atom stereocenters. The van der Waals surface area contributed by atoms with Gasteiger partial charge in [0.2, 0.25) is 0 Å². The molecule has 0 spiro atoms. The fourth-order valence-electron chi connectivity index (χ4n) is 1.77. The van der Waals surface area contributed by atoms with E-state index < -0.39 is 0 Å². The molecular weight excluding hydrogens is 365 g/mol. The quantitative estimate of drug-likeness (QED) is 0.399. The van der Waals surface area contributed by atoms with E-state index in [0.29, 0.717) is 0 Å². The molecule has 0 fully saturated rings. The summed E-state index contributed by atoms with van der Waals surface area (Å²) in [6.45, 7) is 0. The van der Waals surface area contributed by atoms with Crippen molar-refractivity contribution in [2.75, 3.05) is 5.08 Å². The van der Waals surface area contributed by atoms with Crippen LogP contribution in [0.25, 0.3) is 18.8 Å². The molecule has 4 rings (SSSR count). The van der Waals surface area contributed by atoms with Crippen LogP contribution in [-0.4, -0.2) is 5.08 Å². The third kappa shape index (κ3) is 1.73. The Balaban J connectivity index is 2.41. The zero-order valence-corrected chi connectivity index (χ0v) is 14.5. The standard InChI is InChI=1S/C9H2S8/c10-8-14-4-2-3(13-1-12-2)5-7(6(4)16-8)17-9(11)15-5/h1H2. The van der Waals surface area contributed by atoms with Gasteiger partial charge in [-0.15, -0.1) is 68.9 Å². The van der Waals surface area contributed by atoms with Crippen LogP contribution in [0.2, 0.25) is 0 Å². The molecule has 2 aromatic heterocycles. The van der Waals surface area contributed by atoms with Crippen molar-refractivity contribution < 1.29 is 0 Å². The Morgan fingerprint density at radius 1 is 0.647 bits per heavy atom. The predicted octanol–water partition coefficient (Wildman–Crippen LogP) is 6.85. The van der Waals surface area contributed by atoms with Gasteiger partial charge in [0.15, 0.2) is 0 Å². The Hall–Kier alpha value is 0.980. The zero-order valence-electron chi connectivity index (χ0n) is 7.97. The summed E-state index contributed by atoms with van der Waals surface area (Å²) < 4.78 is 7.55. The van der Waals surface area contributed by atoms with Gasteiger partial charge in [-0.05, 0) is 0 Å². The van der Waals surface area contributed by atoms with Gasteiger partial charge in [0.25, 0.3) is 0 Å². The van der Waals surface area contributed by atoms with Crippen LogP contribution in [0.4, 0.5) is 0 Å². The topological polar surface area (TPSA) is 0 Å². The van der Waals surface area contributed by atoms with Gasteiger partial charge >= 0.3 is 0 Å². The second-order valence-corrected chi connectivity index (χ2v) is 12.1. The van der Waals surface area contributed by atoms with Gasteiger partial charge in [0.05, 0.1) is 18.8 Å². The van der Waals surface area contributed by atoms with Crippen molar-refractivity contribution in [2.24, 2.45) is 0 Å². The fourth-order valence-corrected chi connectivity index (χ4v) is 10.5. The summed E-state index contributed by atoms with van der Waals surface area (Å²) in [4.78, 5) is 2.89. The van der Waals surface area contributed by atoms with E-state index in [1.807, 2.05) is 23.5 Å². The first-order valence-electron chi connectivity index (χ1n) is 4.53. The molecule has 3 aromatic rings. The van der Waals surface area contributed by atoms with Crippen molar-refractivity contribution in [3.8, 4) is 0 Å². The molecule has 86 valence electrons. The number of benzene rings is 1. The van der Waals surface area contributed by atoms with Crippen molar-refractivity contribution in [3.05, 3.63) is 6.28 Å². The number of thioether (sulfide) groups is 2. The Kier molecular flexibility index (Phi) is 2.94. The summed E-state index contributed by atoms with van der Waals surface area (Å²) in [6.07, 6.45) is 0. The monoisotopic (exact) mass is 366 g/mol. The van der Waals surface area contributed by atoms with Crippen LogP contribution in [0.1, 0.15) is 0 Å². The molecule has 0 saturated heterocycles. The molecule has 1 aliphatic heterocycles. The second-order valence-electron chi connectivity index (χ2n) is 3.29. The Morgan fingerprint density at radius 3 is 1.53 bits per heavy atom. The normalized spacial score (nSPS) is 14.8. The van der Waals surface area contributed by atoms with Crippen LogP contribution in [-0.2, 0) is 0 Å². The van der Waals surface area contributed by atoms with Gasteiger partial charge in [-0.3, -0.25) is 0 Å². The van der Waals surface area contributed by atoms with E-state index in [-0.39, 0.29) is 0 Å². The van der Waals surface area contributed by atoms with E-state index in [4.69, 9.17) is 24.4 Å². The number of fused-ring (bicyclic) bond motifs is 6. The van der Waals surface area contributed by atoms with E-state index >= 15 is 0 Å². The summed E-state index contributed by atoms with van der Waals surface area (Å²) in [7, 11) is 0.